The molecule has 1 aromatic carbocycles. The van der Waals surface area contributed by atoms with Crippen LogP contribution in [0.3, 0.4) is 0 Å². The van der Waals surface area contributed by atoms with Gasteiger partial charge in [-0.3, -0.25) is 4.98 Å². The molecule has 2 aromatic rings. The summed E-state index contributed by atoms with van der Waals surface area (Å²) in [5.41, 5.74) is 10.8. The highest BCUT2D eigenvalue weighted by Gasteiger charge is 2.09. The largest absolute Gasteiger partial charge is 0.319 e. The van der Waals surface area contributed by atoms with Crippen LogP contribution in [-0.4, -0.2) is 4.98 Å². The van der Waals surface area contributed by atoms with Gasteiger partial charge in [-0.1, -0.05) is 31.2 Å². The van der Waals surface area contributed by atoms with Gasteiger partial charge in [0.05, 0.1) is 11.7 Å². The van der Waals surface area contributed by atoms with Crippen molar-refractivity contribution in [2.45, 2.75) is 26.3 Å². The van der Waals surface area contributed by atoms with Gasteiger partial charge in [0.2, 0.25) is 0 Å². The van der Waals surface area contributed by atoms with Gasteiger partial charge in [-0.05, 0) is 42.2 Å². The normalized spacial score (nSPS) is 12.4. The van der Waals surface area contributed by atoms with Crippen LogP contribution in [0, 0.1) is 6.92 Å². The zero-order valence-corrected chi connectivity index (χ0v) is 10.4. The van der Waals surface area contributed by atoms with Crippen LogP contribution in [-0.2, 0) is 6.42 Å². The Bertz CT molecular complexity index is 489. The lowest BCUT2D eigenvalue weighted by atomic mass is 10.0. The summed E-state index contributed by atoms with van der Waals surface area (Å²) < 4.78 is 0. The van der Waals surface area contributed by atoms with Gasteiger partial charge in [0.1, 0.15) is 0 Å². The van der Waals surface area contributed by atoms with Gasteiger partial charge in [0, 0.05) is 6.20 Å². The monoisotopic (exact) mass is 226 g/mol. The van der Waals surface area contributed by atoms with Crippen LogP contribution in [0.4, 0.5) is 0 Å². The molecule has 0 aliphatic rings. The van der Waals surface area contributed by atoms with E-state index in [1.807, 2.05) is 18.3 Å². The molecule has 0 saturated carbocycles. The van der Waals surface area contributed by atoms with E-state index in [2.05, 4.69) is 43.1 Å². The first-order chi connectivity index (χ1) is 8.20. The van der Waals surface area contributed by atoms with Crippen LogP contribution >= 0.6 is 0 Å². The second kappa shape index (κ2) is 5.11. The molecule has 0 aliphatic carbocycles. The molecule has 0 bridgehead atoms. The lowest BCUT2D eigenvalue weighted by Crippen LogP contribution is -2.13. The van der Waals surface area contributed by atoms with E-state index in [-0.39, 0.29) is 6.04 Å². The number of hydrogen-bond acceptors (Lipinski definition) is 2. The number of aryl methyl sites for hydroxylation is 2. The number of pyridine rings is 1. The Kier molecular flexibility index (Phi) is 3.55. The summed E-state index contributed by atoms with van der Waals surface area (Å²) in [6.07, 6.45) is 2.86. The van der Waals surface area contributed by atoms with E-state index >= 15 is 0 Å². The number of hydrogen-bond donors (Lipinski definition) is 1. The molecule has 0 aliphatic heterocycles. The minimum absolute atomic E-state index is 0.138. The Labute approximate surface area is 103 Å². The highest BCUT2D eigenvalue weighted by molar-refractivity contribution is 5.31. The summed E-state index contributed by atoms with van der Waals surface area (Å²) >= 11 is 0. The Hall–Kier alpha value is -1.67. The Balaban J connectivity index is 2.27. The third-order valence-electron chi connectivity index (χ3n) is 3.00. The van der Waals surface area contributed by atoms with Crippen molar-refractivity contribution in [3.63, 3.8) is 0 Å². The first-order valence-electron chi connectivity index (χ1n) is 5.97. The van der Waals surface area contributed by atoms with Gasteiger partial charge in [0.25, 0.3) is 0 Å². The predicted octanol–water partition coefficient (Wildman–Crippen LogP) is 3.00. The summed E-state index contributed by atoms with van der Waals surface area (Å²) in [6.45, 7) is 4.20. The molecule has 1 atom stereocenters. The number of rotatable bonds is 3. The first-order valence-corrected chi connectivity index (χ1v) is 5.97. The van der Waals surface area contributed by atoms with Crippen LogP contribution in [0.15, 0.2) is 42.6 Å². The Morgan fingerprint density at radius 1 is 1.18 bits per heavy atom. The molecule has 2 heteroatoms. The number of nitrogens with two attached hydrogens (primary N) is 1. The zero-order valence-electron chi connectivity index (χ0n) is 10.4. The summed E-state index contributed by atoms with van der Waals surface area (Å²) in [5, 5.41) is 0. The summed E-state index contributed by atoms with van der Waals surface area (Å²) in [5.74, 6) is 0. The Morgan fingerprint density at radius 2 is 1.88 bits per heavy atom. The van der Waals surface area contributed by atoms with Gasteiger partial charge in [-0.15, -0.1) is 0 Å². The molecule has 2 rings (SSSR count). The van der Waals surface area contributed by atoms with Crippen molar-refractivity contribution < 1.29 is 0 Å². The van der Waals surface area contributed by atoms with E-state index in [9.17, 15) is 0 Å². The van der Waals surface area contributed by atoms with Gasteiger partial charge >= 0.3 is 0 Å². The van der Waals surface area contributed by atoms with Crippen molar-refractivity contribution in [1.82, 2.24) is 4.98 Å². The molecule has 2 nitrogen and oxygen atoms in total. The van der Waals surface area contributed by atoms with E-state index < -0.39 is 0 Å². The molecule has 88 valence electrons. The second-order valence-electron chi connectivity index (χ2n) is 4.33. The number of benzene rings is 1. The lowest BCUT2D eigenvalue weighted by molar-refractivity contribution is 0.825. The average Bonchev–Trinajstić information content (AvgIpc) is 2.38. The predicted molar refractivity (Wildman–Crippen MR) is 70.8 cm³/mol. The van der Waals surface area contributed by atoms with Crippen LogP contribution in [0.25, 0.3) is 0 Å². The summed E-state index contributed by atoms with van der Waals surface area (Å²) in [6, 6.07) is 12.3. The molecule has 1 aromatic heterocycles. The van der Waals surface area contributed by atoms with Crippen molar-refractivity contribution in [2.75, 3.05) is 0 Å². The average molecular weight is 226 g/mol. The fourth-order valence-electron chi connectivity index (χ4n) is 1.86. The fourth-order valence-corrected chi connectivity index (χ4v) is 1.86. The van der Waals surface area contributed by atoms with Gasteiger partial charge in [-0.2, -0.15) is 0 Å². The smallest absolute Gasteiger partial charge is 0.0726 e. The second-order valence-corrected chi connectivity index (χ2v) is 4.33. The van der Waals surface area contributed by atoms with E-state index in [0.717, 1.165) is 17.7 Å². The lowest BCUT2D eigenvalue weighted by Gasteiger charge is -2.12. The van der Waals surface area contributed by atoms with Crippen molar-refractivity contribution in [2.24, 2.45) is 5.73 Å². The molecule has 2 N–H and O–H groups in total. The van der Waals surface area contributed by atoms with Gasteiger partial charge in [-0.25, -0.2) is 0 Å². The van der Waals surface area contributed by atoms with Crippen molar-refractivity contribution in [3.05, 3.63) is 65.0 Å². The molecule has 0 fully saturated rings. The minimum Gasteiger partial charge on any atom is -0.319 e. The molecular formula is C15H18N2. The first kappa shape index (κ1) is 11.8. The van der Waals surface area contributed by atoms with Crippen molar-refractivity contribution in [1.29, 1.82) is 0 Å². The summed E-state index contributed by atoms with van der Waals surface area (Å²) in [4.78, 5) is 4.33. The SMILES string of the molecule is CCc1ccc(C(N)c2cc(C)ccn2)cc1. The molecule has 0 amide bonds. The van der Waals surface area contributed by atoms with Crippen LogP contribution < -0.4 is 5.73 Å². The topological polar surface area (TPSA) is 38.9 Å². The molecular weight excluding hydrogens is 208 g/mol. The zero-order chi connectivity index (χ0) is 12.3. The van der Waals surface area contributed by atoms with E-state index in [1.165, 1.54) is 11.1 Å². The molecule has 1 heterocycles. The van der Waals surface area contributed by atoms with E-state index in [1.54, 1.807) is 0 Å². The third kappa shape index (κ3) is 2.71. The third-order valence-corrected chi connectivity index (χ3v) is 3.00. The van der Waals surface area contributed by atoms with E-state index in [4.69, 9.17) is 5.73 Å². The Morgan fingerprint density at radius 3 is 2.47 bits per heavy atom. The van der Waals surface area contributed by atoms with E-state index in [0.29, 0.717) is 0 Å². The maximum Gasteiger partial charge on any atom is 0.0726 e. The minimum atomic E-state index is -0.138. The fraction of sp³-hybridized carbons (Fsp3) is 0.267. The molecule has 1 unspecified atom stereocenters. The van der Waals surface area contributed by atoms with Crippen LogP contribution in [0.1, 0.15) is 35.3 Å². The highest BCUT2D eigenvalue weighted by Crippen LogP contribution is 2.19. The van der Waals surface area contributed by atoms with Gasteiger partial charge < -0.3 is 5.73 Å². The molecule has 0 radical (unpaired) electrons. The van der Waals surface area contributed by atoms with Crippen molar-refractivity contribution >= 4 is 0 Å². The van der Waals surface area contributed by atoms with Crippen LogP contribution in [0.2, 0.25) is 0 Å². The standard InChI is InChI=1S/C15H18N2/c1-3-12-4-6-13(7-5-12)15(16)14-10-11(2)8-9-17-14/h4-10,15H,3,16H2,1-2H3. The van der Waals surface area contributed by atoms with Crippen molar-refractivity contribution in [3.8, 4) is 0 Å². The highest BCUT2D eigenvalue weighted by atomic mass is 14.8. The maximum atomic E-state index is 6.21. The summed E-state index contributed by atoms with van der Waals surface area (Å²) in [7, 11) is 0. The molecule has 17 heavy (non-hydrogen) atoms. The number of aromatic nitrogens is 1. The van der Waals surface area contributed by atoms with Crippen LogP contribution in [0.5, 0.6) is 0 Å². The number of nitrogens with zero attached hydrogens (tertiary/aromatic N) is 1. The quantitative estimate of drug-likeness (QED) is 0.873. The maximum absolute atomic E-state index is 6.21. The molecule has 0 saturated heterocycles. The molecule has 0 spiro atoms. The van der Waals surface area contributed by atoms with Gasteiger partial charge in [0.15, 0.2) is 0 Å².